The number of aromatic nitrogens is 2. The van der Waals surface area contributed by atoms with Crippen molar-refractivity contribution >= 4 is 11.0 Å². The number of imidazole rings is 1. The molecule has 1 aromatic heterocycles. The van der Waals surface area contributed by atoms with Crippen molar-refractivity contribution in [1.29, 1.82) is 0 Å². The molecule has 0 saturated carbocycles. The van der Waals surface area contributed by atoms with Crippen LogP contribution in [0.1, 0.15) is 11.1 Å². The number of nitrogens with zero attached hydrogens (tertiary/aromatic N) is 2. The highest BCUT2D eigenvalue weighted by atomic mass is 15.1. The Balaban J connectivity index is 1.97. The van der Waals surface area contributed by atoms with Crippen LogP contribution in [0.4, 0.5) is 0 Å². The standard InChI is InChI=1S/C23H23N2/c1-16-10-11-17(2)20(14-16)23-24(3)21-13-12-19(15-22(21)25(23)4)18-8-6-5-7-9-18/h5-15H,1-4H3/q+1. The average Bonchev–Trinajstić information content (AvgIpc) is 2.88. The van der Waals surface area contributed by atoms with Crippen LogP contribution in [-0.4, -0.2) is 4.57 Å². The van der Waals surface area contributed by atoms with Gasteiger partial charge in [0.25, 0.3) is 5.82 Å². The molecule has 0 aliphatic rings. The van der Waals surface area contributed by atoms with Crippen molar-refractivity contribution < 1.29 is 4.57 Å². The van der Waals surface area contributed by atoms with E-state index in [1.807, 2.05) is 0 Å². The van der Waals surface area contributed by atoms with Crippen LogP contribution < -0.4 is 4.57 Å². The van der Waals surface area contributed by atoms with Crippen molar-refractivity contribution in [1.82, 2.24) is 4.57 Å². The summed E-state index contributed by atoms with van der Waals surface area (Å²) >= 11 is 0. The zero-order valence-corrected chi connectivity index (χ0v) is 15.2. The maximum atomic E-state index is 2.31. The Morgan fingerprint density at radius 2 is 1.56 bits per heavy atom. The van der Waals surface area contributed by atoms with Crippen molar-refractivity contribution in [2.45, 2.75) is 13.8 Å². The van der Waals surface area contributed by atoms with Gasteiger partial charge in [0.1, 0.15) is 0 Å². The van der Waals surface area contributed by atoms with E-state index in [0.717, 1.165) is 0 Å². The normalized spacial score (nSPS) is 11.2. The Labute approximate surface area is 149 Å². The van der Waals surface area contributed by atoms with Crippen LogP contribution in [-0.2, 0) is 14.1 Å². The lowest BCUT2D eigenvalue weighted by molar-refractivity contribution is -0.634. The summed E-state index contributed by atoms with van der Waals surface area (Å²) in [6.07, 6.45) is 0. The largest absolute Gasteiger partial charge is 0.289 e. The first-order chi connectivity index (χ1) is 12.1. The highest BCUT2D eigenvalue weighted by molar-refractivity contribution is 5.82. The molecule has 0 unspecified atom stereocenters. The lowest BCUT2D eigenvalue weighted by Crippen LogP contribution is -2.30. The Kier molecular flexibility index (Phi) is 3.69. The van der Waals surface area contributed by atoms with Crippen molar-refractivity contribution in [3.05, 3.63) is 77.9 Å². The summed E-state index contributed by atoms with van der Waals surface area (Å²) in [5, 5.41) is 0. The predicted octanol–water partition coefficient (Wildman–Crippen LogP) is 4.95. The van der Waals surface area contributed by atoms with E-state index in [1.54, 1.807) is 0 Å². The van der Waals surface area contributed by atoms with Crippen LogP contribution in [0.15, 0.2) is 66.7 Å². The molecule has 0 bridgehead atoms. The van der Waals surface area contributed by atoms with Crippen LogP contribution in [0.2, 0.25) is 0 Å². The summed E-state index contributed by atoms with van der Waals surface area (Å²) in [6.45, 7) is 4.33. The summed E-state index contributed by atoms with van der Waals surface area (Å²) in [4.78, 5) is 0. The fourth-order valence-electron chi connectivity index (χ4n) is 3.68. The highest BCUT2D eigenvalue weighted by Crippen LogP contribution is 2.28. The van der Waals surface area contributed by atoms with Crippen molar-refractivity contribution in [2.24, 2.45) is 14.1 Å². The number of hydrogen-bond acceptors (Lipinski definition) is 0. The molecule has 3 aromatic carbocycles. The van der Waals surface area contributed by atoms with Gasteiger partial charge in [0.2, 0.25) is 0 Å². The minimum atomic E-state index is 1.24. The second-order valence-electron chi connectivity index (χ2n) is 6.83. The molecule has 124 valence electrons. The molecule has 2 nitrogen and oxygen atoms in total. The molecule has 2 heteroatoms. The number of hydrogen-bond donors (Lipinski definition) is 0. The summed E-state index contributed by atoms with van der Waals surface area (Å²) in [5.74, 6) is 1.24. The third-order valence-corrected chi connectivity index (χ3v) is 5.07. The number of benzene rings is 3. The van der Waals surface area contributed by atoms with E-state index < -0.39 is 0 Å². The van der Waals surface area contributed by atoms with Crippen molar-refractivity contribution in [3.63, 3.8) is 0 Å². The minimum Gasteiger partial charge on any atom is -0.226 e. The van der Waals surface area contributed by atoms with Crippen LogP contribution in [0.5, 0.6) is 0 Å². The molecule has 0 spiro atoms. The second-order valence-corrected chi connectivity index (χ2v) is 6.83. The average molecular weight is 327 g/mol. The van der Waals surface area contributed by atoms with Gasteiger partial charge in [0.05, 0.1) is 19.7 Å². The molecule has 25 heavy (non-hydrogen) atoms. The van der Waals surface area contributed by atoms with Gasteiger partial charge in [0, 0.05) is 0 Å². The summed E-state index contributed by atoms with van der Waals surface area (Å²) < 4.78 is 4.61. The van der Waals surface area contributed by atoms with Gasteiger partial charge in [-0.2, -0.15) is 0 Å². The van der Waals surface area contributed by atoms with Crippen LogP contribution in [0.3, 0.4) is 0 Å². The monoisotopic (exact) mass is 327 g/mol. The van der Waals surface area contributed by atoms with Gasteiger partial charge in [-0.25, -0.2) is 9.13 Å². The van der Waals surface area contributed by atoms with Gasteiger partial charge in [-0.1, -0.05) is 48.0 Å². The molecule has 0 amide bonds. The van der Waals surface area contributed by atoms with E-state index in [0.29, 0.717) is 0 Å². The number of fused-ring (bicyclic) bond motifs is 1. The Morgan fingerprint density at radius 1 is 0.800 bits per heavy atom. The molecule has 0 fully saturated rings. The number of aryl methyl sites for hydroxylation is 4. The first-order valence-electron chi connectivity index (χ1n) is 8.68. The first kappa shape index (κ1) is 15.6. The molecule has 0 saturated heterocycles. The molecule has 0 radical (unpaired) electrons. The third kappa shape index (κ3) is 2.54. The SMILES string of the molecule is Cc1ccc(C)c(-c2n(C)c3cc(-c4ccccc4)ccc3[n+]2C)c1. The Bertz CT molecular complexity index is 1070. The lowest BCUT2D eigenvalue weighted by atomic mass is 10.0. The third-order valence-electron chi connectivity index (χ3n) is 5.07. The maximum Gasteiger partial charge on any atom is 0.289 e. The van der Waals surface area contributed by atoms with Gasteiger partial charge in [0.15, 0.2) is 11.0 Å². The molecule has 0 aliphatic carbocycles. The summed E-state index contributed by atoms with van der Waals surface area (Å²) in [7, 11) is 4.32. The smallest absolute Gasteiger partial charge is 0.226 e. The molecule has 0 aliphatic heterocycles. The van der Waals surface area contributed by atoms with E-state index in [4.69, 9.17) is 0 Å². The van der Waals surface area contributed by atoms with Crippen LogP contribution in [0.25, 0.3) is 33.5 Å². The van der Waals surface area contributed by atoms with Crippen LogP contribution >= 0.6 is 0 Å². The predicted molar refractivity (Wildman–Crippen MR) is 104 cm³/mol. The molecular weight excluding hydrogens is 304 g/mol. The molecule has 0 N–H and O–H groups in total. The molecule has 0 atom stereocenters. The zero-order valence-electron chi connectivity index (χ0n) is 15.2. The fourth-order valence-corrected chi connectivity index (χ4v) is 3.68. The topological polar surface area (TPSA) is 8.81 Å². The lowest BCUT2D eigenvalue weighted by Gasteiger charge is -2.04. The molecule has 4 rings (SSSR count). The summed E-state index contributed by atoms with van der Waals surface area (Å²) in [6, 6.07) is 24.0. The summed E-state index contributed by atoms with van der Waals surface area (Å²) in [5.41, 5.74) is 8.88. The Morgan fingerprint density at radius 3 is 2.32 bits per heavy atom. The van der Waals surface area contributed by atoms with Gasteiger partial charge in [-0.15, -0.1) is 0 Å². The van der Waals surface area contributed by atoms with Crippen molar-refractivity contribution in [3.8, 4) is 22.5 Å². The van der Waals surface area contributed by atoms with Gasteiger partial charge >= 0.3 is 0 Å². The zero-order chi connectivity index (χ0) is 17.6. The van der Waals surface area contributed by atoms with E-state index in [2.05, 4.69) is 104 Å². The maximum absolute atomic E-state index is 2.31. The van der Waals surface area contributed by atoms with E-state index in [-0.39, 0.29) is 0 Å². The second kappa shape index (κ2) is 5.89. The number of rotatable bonds is 2. The van der Waals surface area contributed by atoms with Gasteiger partial charge < -0.3 is 0 Å². The minimum absolute atomic E-state index is 1.24. The molecule has 4 aromatic rings. The first-order valence-corrected chi connectivity index (χ1v) is 8.68. The highest BCUT2D eigenvalue weighted by Gasteiger charge is 2.23. The quantitative estimate of drug-likeness (QED) is 0.460. The van der Waals surface area contributed by atoms with E-state index in [9.17, 15) is 0 Å². The van der Waals surface area contributed by atoms with E-state index >= 15 is 0 Å². The molecular formula is C23H23N2+. The van der Waals surface area contributed by atoms with Gasteiger partial charge in [-0.05, 0) is 54.8 Å². The fraction of sp³-hybridized carbons (Fsp3) is 0.174. The van der Waals surface area contributed by atoms with Crippen molar-refractivity contribution in [2.75, 3.05) is 0 Å². The van der Waals surface area contributed by atoms with Crippen LogP contribution in [0, 0.1) is 13.8 Å². The Hall–Kier alpha value is -2.87. The van der Waals surface area contributed by atoms with E-state index in [1.165, 1.54) is 44.7 Å². The van der Waals surface area contributed by atoms with Gasteiger partial charge in [-0.3, -0.25) is 0 Å². The molecule has 1 heterocycles.